The largest absolute Gasteiger partial charge is 0.494 e. The van der Waals surface area contributed by atoms with Crippen LogP contribution in [0.4, 0.5) is 26.3 Å². The number of halogens is 6. The molecule has 0 bridgehead atoms. The van der Waals surface area contributed by atoms with Crippen LogP contribution in [0.3, 0.4) is 0 Å². The first kappa shape index (κ1) is 31.5. The summed E-state index contributed by atoms with van der Waals surface area (Å²) in [5.74, 6) is -3.88. The van der Waals surface area contributed by atoms with E-state index in [0.717, 1.165) is 36.4 Å². The second-order valence-corrected chi connectivity index (χ2v) is 10.6. The molecule has 3 heterocycles. The van der Waals surface area contributed by atoms with Gasteiger partial charge in [0.25, 0.3) is 5.91 Å². The van der Waals surface area contributed by atoms with E-state index in [-0.39, 0.29) is 51.4 Å². The van der Waals surface area contributed by atoms with Gasteiger partial charge in [-0.15, -0.1) is 0 Å². The van der Waals surface area contributed by atoms with Gasteiger partial charge in [0.15, 0.2) is 0 Å². The molecule has 1 aliphatic rings. The Morgan fingerprint density at radius 1 is 1.11 bits per heavy atom. The zero-order valence-corrected chi connectivity index (χ0v) is 23.6. The first-order chi connectivity index (χ1) is 21.1. The van der Waals surface area contributed by atoms with Crippen LogP contribution < -0.4 is 20.5 Å². The van der Waals surface area contributed by atoms with E-state index in [1.165, 1.54) is 26.2 Å². The summed E-state index contributed by atoms with van der Waals surface area (Å²) in [7, 11) is 1.20. The fraction of sp³-hybridized carbons (Fsp3) is 0.267. The Hall–Kier alpha value is -4.92. The summed E-state index contributed by atoms with van der Waals surface area (Å²) >= 11 is 0. The Morgan fingerprint density at radius 3 is 2.40 bits per heavy atom. The average molecular weight is 635 g/mol. The van der Waals surface area contributed by atoms with Crippen molar-refractivity contribution in [3.05, 3.63) is 82.7 Å². The minimum Gasteiger partial charge on any atom is -0.494 e. The van der Waals surface area contributed by atoms with Gasteiger partial charge in [0.1, 0.15) is 58.7 Å². The van der Waals surface area contributed by atoms with E-state index in [2.05, 4.69) is 9.97 Å². The Morgan fingerprint density at radius 2 is 1.80 bits per heavy atom. The third-order valence-corrected chi connectivity index (χ3v) is 7.65. The van der Waals surface area contributed by atoms with Crippen LogP contribution in [0, 0.1) is 11.6 Å². The molecule has 0 aliphatic carbocycles. The lowest BCUT2D eigenvalue weighted by Crippen LogP contribution is -2.51. The molecule has 15 heteroatoms. The van der Waals surface area contributed by atoms with Gasteiger partial charge in [-0.2, -0.15) is 13.2 Å². The minimum absolute atomic E-state index is 0.00440. The number of carbonyl (C=O) groups excluding carboxylic acids is 2. The van der Waals surface area contributed by atoms with Crippen molar-refractivity contribution in [3.63, 3.8) is 0 Å². The highest BCUT2D eigenvalue weighted by atomic mass is 19.4. The Balaban J connectivity index is 1.58. The van der Waals surface area contributed by atoms with Crippen LogP contribution >= 0.6 is 0 Å². The summed E-state index contributed by atoms with van der Waals surface area (Å²) < 4.78 is 95.8. The standard InChI is InChI=1S/C30H24F6N4O5/c1-28(27(37)42)13-45-25-18(28)10-22(40-24(25)14-3-5-17(32)6-4-14)29(43,30(34,35)36)12-38-26(41)16-7-15-8-19(33)20(11-31)39-23(15)21(9-16)44-2/h3-10,43H,11-13H2,1-2H3,(H2,37,42)(H,38,41)/t28-,29?/m0/s1. The maximum atomic E-state index is 14.7. The molecule has 4 aromatic rings. The number of methoxy groups -OCH3 is 1. The van der Waals surface area contributed by atoms with Crippen molar-refractivity contribution < 1.29 is 50.5 Å². The molecule has 4 N–H and O–H groups in total. The SMILES string of the molecule is COc1cc(C(=O)NCC(O)(c2cc3c(c(-c4ccc(F)cc4)n2)OC[C@]3(C)C(N)=O)C(F)(F)F)cc2cc(F)c(CF)nc12. The van der Waals surface area contributed by atoms with E-state index in [9.17, 15) is 41.0 Å². The summed E-state index contributed by atoms with van der Waals surface area (Å²) in [4.78, 5) is 33.4. The number of rotatable bonds is 8. The fourth-order valence-corrected chi connectivity index (χ4v) is 4.90. The molecule has 45 heavy (non-hydrogen) atoms. The molecule has 236 valence electrons. The molecule has 9 nitrogen and oxygen atoms in total. The average Bonchev–Trinajstić information content (AvgIpc) is 3.35. The lowest BCUT2D eigenvalue weighted by atomic mass is 9.81. The second kappa shape index (κ2) is 11.2. The smallest absolute Gasteiger partial charge is 0.424 e. The number of hydrogen-bond donors (Lipinski definition) is 3. The van der Waals surface area contributed by atoms with Gasteiger partial charge < -0.3 is 25.6 Å². The summed E-state index contributed by atoms with van der Waals surface area (Å²) in [6.45, 7) is -1.68. The number of primary amides is 1. The van der Waals surface area contributed by atoms with Crippen LogP contribution in [-0.2, 0) is 22.5 Å². The monoisotopic (exact) mass is 634 g/mol. The number of amides is 2. The van der Waals surface area contributed by atoms with Crippen molar-refractivity contribution >= 4 is 22.7 Å². The molecule has 2 aromatic carbocycles. The van der Waals surface area contributed by atoms with Crippen LogP contribution in [0.25, 0.3) is 22.2 Å². The molecule has 0 fully saturated rings. The van der Waals surface area contributed by atoms with Crippen LogP contribution in [-0.4, -0.2) is 53.3 Å². The van der Waals surface area contributed by atoms with Crippen LogP contribution in [0.5, 0.6) is 11.5 Å². The lowest BCUT2D eigenvalue weighted by Gasteiger charge is -2.31. The number of aliphatic hydroxyl groups is 1. The second-order valence-electron chi connectivity index (χ2n) is 10.6. The number of nitrogens with zero attached hydrogens (tertiary/aromatic N) is 2. The number of ether oxygens (including phenoxy) is 2. The normalized spacial score (nSPS) is 17.4. The zero-order valence-electron chi connectivity index (χ0n) is 23.6. The molecule has 2 amide bonds. The summed E-state index contributed by atoms with van der Waals surface area (Å²) in [6.07, 6.45) is -5.44. The number of alkyl halides is 4. The molecule has 1 aliphatic heterocycles. The maximum absolute atomic E-state index is 14.7. The third-order valence-electron chi connectivity index (χ3n) is 7.65. The number of carbonyl (C=O) groups is 2. The van der Waals surface area contributed by atoms with E-state index in [0.29, 0.717) is 0 Å². The Kier molecular flexibility index (Phi) is 7.85. The van der Waals surface area contributed by atoms with Crippen LogP contribution in [0.15, 0.2) is 48.5 Å². The van der Waals surface area contributed by atoms with Crippen LogP contribution in [0.2, 0.25) is 0 Å². The Bertz CT molecular complexity index is 1840. The van der Waals surface area contributed by atoms with Gasteiger partial charge in [-0.25, -0.2) is 23.1 Å². The van der Waals surface area contributed by atoms with E-state index >= 15 is 0 Å². The quantitative estimate of drug-likeness (QED) is 0.245. The molecule has 1 unspecified atom stereocenters. The van der Waals surface area contributed by atoms with Crippen molar-refractivity contribution in [2.75, 3.05) is 20.3 Å². The topological polar surface area (TPSA) is 137 Å². The van der Waals surface area contributed by atoms with Gasteiger partial charge >= 0.3 is 6.18 Å². The van der Waals surface area contributed by atoms with E-state index in [1.807, 2.05) is 5.32 Å². The number of fused-ring (bicyclic) bond motifs is 2. The van der Waals surface area contributed by atoms with E-state index < -0.39 is 65.2 Å². The number of nitrogens with two attached hydrogens (primary N) is 1. The molecule has 0 spiro atoms. The van der Waals surface area contributed by atoms with Crippen molar-refractivity contribution in [1.29, 1.82) is 0 Å². The van der Waals surface area contributed by atoms with Gasteiger partial charge in [-0.1, -0.05) is 0 Å². The molecule has 0 saturated carbocycles. The number of hydrogen-bond acceptors (Lipinski definition) is 7. The summed E-state index contributed by atoms with van der Waals surface area (Å²) in [5, 5.41) is 13.2. The van der Waals surface area contributed by atoms with Gasteiger partial charge in [-0.05, 0) is 55.5 Å². The highest BCUT2D eigenvalue weighted by Crippen LogP contribution is 2.47. The fourth-order valence-electron chi connectivity index (χ4n) is 4.90. The van der Waals surface area contributed by atoms with Crippen molar-refractivity contribution in [1.82, 2.24) is 15.3 Å². The molecular weight excluding hydrogens is 610 g/mol. The number of pyridine rings is 2. The predicted octanol–water partition coefficient (Wildman–Crippen LogP) is 4.37. The number of benzene rings is 2. The highest BCUT2D eigenvalue weighted by molar-refractivity contribution is 6.00. The highest BCUT2D eigenvalue weighted by Gasteiger charge is 2.57. The molecule has 2 atom stereocenters. The third kappa shape index (κ3) is 5.36. The zero-order chi connectivity index (χ0) is 32.9. The molecular formula is C30H24F6N4O5. The van der Waals surface area contributed by atoms with Crippen LogP contribution in [0.1, 0.15) is 34.2 Å². The van der Waals surface area contributed by atoms with Gasteiger partial charge in [0.2, 0.25) is 11.5 Å². The minimum atomic E-state index is -5.44. The first-order valence-electron chi connectivity index (χ1n) is 13.2. The van der Waals surface area contributed by atoms with Crippen molar-refractivity contribution in [2.24, 2.45) is 5.73 Å². The van der Waals surface area contributed by atoms with Gasteiger partial charge in [-0.3, -0.25) is 9.59 Å². The first-order valence-corrected chi connectivity index (χ1v) is 13.2. The molecule has 2 aromatic heterocycles. The predicted molar refractivity (Wildman–Crippen MR) is 147 cm³/mol. The van der Waals surface area contributed by atoms with Gasteiger partial charge in [0, 0.05) is 22.1 Å². The maximum Gasteiger partial charge on any atom is 0.424 e. The van der Waals surface area contributed by atoms with Gasteiger partial charge in [0.05, 0.1) is 19.3 Å². The van der Waals surface area contributed by atoms with E-state index in [4.69, 9.17) is 15.2 Å². The lowest BCUT2D eigenvalue weighted by molar-refractivity contribution is -0.265. The molecule has 0 saturated heterocycles. The van der Waals surface area contributed by atoms with E-state index in [1.54, 1.807) is 0 Å². The summed E-state index contributed by atoms with van der Waals surface area (Å²) in [6, 6.07) is 8.45. The molecule has 5 rings (SSSR count). The molecule has 0 radical (unpaired) electrons. The Labute approximate surface area is 251 Å². The van der Waals surface area contributed by atoms with Crippen molar-refractivity contribution in [2.45, 2.75) is 30.8 Å². The summed E-state index contributed by atoms with van der Waals surface area (Å²) in [5.41, 5.74) is -1.92. The number of nitrogens with one attached hydrogen (secondary N) is 1. The van der Waals surface area contributed by atoms with Crippen molar-refractivity contribution in [3.8, 4) is 22.8 Å². The number of aromatic nitrogens is 2.